The van der Waals surface area contributed by atoms with Crippen molar-refractivity contribution in [2.75, 3.05) is 19.1 Å². The van der Waals surface area contributed by atoms with Crippen LogP contribution in [0.3, 0.4) is 0 Å². The van der Waals surface area contributed by atoms with Crippen molar-refractivity contribution in [3.05, 3.63) is 104 Å². The molecule has 1 aliphatic heterocycles. The first kappa shape index (κ1) is 23.1. The summed E-state index contributed by atoms with van der Waals surface area (Å²) in [4.78, 5) is 26.1. The zero-order chi connectivity index (χ0) is 24.4. The van der Waals surface area contributed by atoms with Crippen LogP contribution in [0.2, 0.25) is 5.02 Å². The maximum atomic E-state index is 13.6. The zero-order valence-electron chi connectivity index (χ0n) is 18.7. The Bertz CT molecular complexity index is 1350. The third kappa shape index (κ3) is 4.38. The van der Waals surface area contributed by atoms with Gasteiger partial charge < -0.3 is 9.47 Å². The fourth-order valence-electron chi connectivity index (χ4n) is 3.76. The fraction of sp³-hybridized carbons (Fsp3) is 0.115. The molecule has 7 nitrogen and oxygen atoms in total. The van der Waals surface area contributed by atoms with Crippen LogP contribution in [-0.2, 0) is 4.79 Å². The molecule has 3 aromatic carbocycles. The van der Waals surface area contributed by atoms with Gasteiger partial charge in [0, 0.05) is 22.2 Å². The van der Waals surface area contributed by atoms with Crippen molar-refractivity contribution in [3.8, 4) is 11.5 Å². The van der Waals surface area contributed by atoms with Gasteiger partial charge in [0.15, 0.2) is 11.5 Å². The highest BCUT2D eigenvalue weighted by Crippen LogP contribution is 2.38. The van der Waals surface area contributed by atoms with Crippen molar-refractivity contribution >= 4 is 40.7 Å². The Morgan fingerprint density at radius 2 is 1.68 bits per heavy atom. The summed E-state index contributed by atoms with van der Waals surface area (Å²) in [5.41, 5.74) is 3.35. The number of nitro benzene ring substituents is 1. The highest BCUT2D eigenvalue weighted by Gasteiger charge is 2.31. The number of hydrogen-bond donors (Lipinski definition) is 0. The van der Waals surface area contributed by atoms with Crippen LogP contribution < -0.4 is 14.4 Å². The van der Waals surface area contributed by atoms with E-state index in [0.717, 1.165) is 11.1 Å². The van der Waals surface area contributed by atoms with Crippen molar-refractivity contribution < 1.29 is 19.2 Å². The molecule has 0 unspecified atom stereocenters. The molecule has 8 heteroatoms. The van der Waals surface area contributed by atoms with Crippen molar-refractivity contribution in [3.63, 3.8) is 0 Å². The minimum absolute atomic E-state index is 0.0573. The molecule has 34 heavy (non-hydrogen) atoms. The lowest BCUT2D eigenvalue weighted by Gasteiger charge is -2.21. The van der Waals surface area contributed by atoms with E-state index >= 15 is 0 Å². The van der Waals surface area contributed by atoms with Gasteiger partial charge in [0.25, 0.3) is 11.6 Å². The lowest BCUT2D eigenvalue weighted by atomic mass is 10.1. The number of methoxy groups -OCH3 is 2. The van der Waals surface area contributed by atoms with Crippen LogP contribution in [0.25, 0.3) is 11.8 Å². The van der Waals surface area contributed by atoms with Gasteiger partial charge in [-0.2, -0.15) is 0 Å². The highest BCUT2D eigenvalue weighted by atomic mass is 35.5. The van der Waals surface area contributed by atoms with E-state index < -0.39 is 4.92 Å². The summed E-state index contributed by atoms with van der Waals surface area (Å²) in [6.45, 7) is 1.66. The van der Waals surface area contributed by atoms with Crippen molar-refractivity contribution in [1.29, 1.82) is 0 Å². The summed E-state index contributed by atoms with van der Waals surface area (Å²) in [7, 11) is 3.09. The number of nitrogens with zero attached hydrogens (tertiary/aromatic N) is 2. The molecule has 0 radical (unpaired) electrons. The summed E-state index contributed by atoms with van der Waals surface area (Å²) in [5.74, 6) is 0.807. The summed E-state index contributed by atoms with van der Waals surface area (Å²) < 4.78 is 10.6. The number of amides is 1. The maximum absolute atomic E-state index is 13.6. The average Bonchev–Trinajstić information content (AvgIpc) is 3.15. The third-order valence-corrected chi connectivity index (χ3v) is 5.75. The number of anilines is 1. The number of halogens is 1. The molecule has 4 rings (SSSR count). The molecule has 1 heterocycles. The molecule has 0 saturated heterocycles. The van der Waals surface area contributed by atoms with E-state index in [1.165, 1.54) is 11.0 Å². The van der Waals surface area contributed by atoms with Gasteiger partial charge in [0.05, 0.1) is 30.5 Å². The molecule has 0 aliphatic carbocycles. The first-order chi connectivity index (χ1) is 16.3. The van der Waals surface area contributed by atoms with Crippen LogP contribution in [0.15, 0.2) is 72.3 Å². The molecule has 1 amide bonds. The summed E-state index contributed by atoms with van der Waals surface area (Å²) in [6.07, 6.45) is 3.50. The summed E-state index contributed by atoms with van der Waals surface area (Å²) in [6, 6.07) is 17.2. The Hall–Kier alpha value is -4.10. The molecule has 0 fully saturated rings. The summed E-state index contributed by atoms with van der Waals surface area (Å²) >= 11 is 6.05. The Kier molecular flexibility index (Phi) is 6.38. The second-order valence-electron chi connectivity index (χ2n) is 7.62. The molecule has 0 aromatic heterocycles. The molecular formula is C26H21ClN2O5. The minimum atomic E-state index is -0.453. The van der Waals surface area contributed by atoms with Crippen molar-refractivity contribution in [2.24, 2.45) is 0 Å². The number of nitro groups is 1. The second-order valence-corrected chi connectivity index (χ2v) is 8.06. The van der Waals surface area contributed by atoms with Gasteiger partial charge in [0.2, 0.25) is 0 Å². The van der Waals surface area contributed by atoms with Crippen molar-refractivity contribution in [2.45, 2.75) is 6.92 Å². The van der Waals surface area contributed by atoms with Gasteiger partial charge in [-0.15, -0.1) is 0 Å². The first-order valence-corrected chi connectivity index (χ1v) is 10.7. The molecule has 1 aliphatic rings. The van der Waals surface area contributed by atoms with Crippen molar-refractivity contribution in [1.82, 2.24) is 0 Å². The second kappa shape index (κ2) is 9.41. The molecular weight excluding hydrogens is 456 g/mol. The van der Waals surface area contributed by atoms with E-state index in [1.807, 2.05) is 6.07 Å². The van der Waals surface area contributed by atoms with Crippen LogP contribution in [-0.4, -0.2) is 25.1 Å². The SMILES string of the molecule is COc1ccc(/C=C2\C=C(c3ccc(Cl)cc3)N(c3ccc(C)c([N+](=O)[O-])c3)C2=O)cc1OC. The largest absolute Gasteiger partial charge is 0.493 e. The number of ether oxygens (including phenoxy) is 2. The topological polar surface area (TPSA) is 81.9 Å². The van der Waals surface area contributed by atoms with Gasteiger partial charge in [-0.1, -0.05) is 35.9 Å². The molecule has 0 saturated carbocycles. The maximum Gasteiger partial charge on any atom is 0.274 e. The lowest BCUT2D eigenvalue weighted by Crippen LogP contribution is -2.25. The minimum Gasteiger partial charge on any atom is -0.493 e. The van der Waals surface area contributed by atoms with Crippen LogP contribution in [0.4, 0.5) is 11.4 Å². The van der Waals surface area contributed by atoms with Gasteiger partial charge >= 0.3 is 0 Å². The predicted octanol–water partition coefficient (Wildman–Crippen LogP) is 6.05. The van der Waals surface area contributed by atoms with Gasteiger partial charge in [-0.25, -0.2) is 0 Å². The Morgan fingerprint density at radius 3 is 2.32 bits per heavy atom. The molecule has 0 spiro atoms. The number of rotatable bonds is 6. The molecule has 172 valence electrons. The van der Waals surface area contributed by atoms with Gasteiger partial charge in [-0.3, -0.25) is 19.8 Å². The van der Waals surface area contributed by atoms with E-state index in [1.54, 1.807) is 81.8 Å². The van der Waals surface area contributed by atoms with Crippen LogP contribution in [0, 0.1) is 17.0 Å². The van der Waals surface area contributed by atoms with Crippen LogP contribution in [0.1, 0.15) is 16.7 Å². The Labute approximate surface area is 201 Å². The smallest absolute Gasteiger partial charge is 0.274 e. The Morgan fingerprint density at radius 1 is 0.971 bits per heavy atom. The normalized spacial score (nSPS) is 14.4. The fourth-order valence-corrected chi connectivity index (χ4v) is 3.89. The third-order valence-electron chi connectivity index (χ3n) is 5.50. The zero-order valence-corrected chi connectivity index (χ0v) is 19.5. The quantitative estimate of drug-likeness (QED) is 0.246. The van der Waals surface area contributed by atoms with Gasteiger partial charge in [-0.05, 0) is 60.5 Å². The first-order valence-electron chi connectivity index (χ1n) is 10.3. The van der Waals surface area contributed by atoms with E-state index in [2.05, 4.69) is 0 Å². The monoisotopic (exact) mass is 476 g/mol. The average molecular weight is 477 g/mol. The number of aryl methyl sites for hydroxylation is 1. The van der Waals surface area contributed by atoms with Crippen LogP contribution >= 0.6 is 11.6 Å². The Balaban J connectivity index is 1.84. The van der Waals surface area contributed by atoms with Gasteiger partial charge in [0.1, 0.15) is 0 Å². The van der Waals surface area contributed by atoms with E-state index in [-0.39, 0.29) is 11.6 Å². The van der Waals surface area contributed by atoms with E-state index in [0.29, 0.717) is 39.0 Å². The van der Waals surface area contributed by atoms with E-state index in [4.69, 9.17) is 21.1 Å². The van der Waals surface area contributed by atoms with E-state index in [9.17, 15) is 14.9 Å². The molecule has 0 N–H and O–H groups in total. The van der Waals surface area contributed by atoms with Crippen LogP contribution in [0.5, 0.6) is 11.5 Å². The standard InChI is InChI=1S/C26H21ClN2O5/c1-16-4-10-21(15-22(16)29(31)32)28-23(18-6-8-20(27)9-7-18)14-19(26(28)30)12-17-5-11-24(33-2)25(13-17)34-3/h4-15H,1-3H3/b19-12+. The number of benzene rings is 3. The number of carbonyl (C=O) groups is 1. The highest BCUT2D eigenvalue weighted by molar-refractivity contribution is 6.30. The number of carbonyl (C=O) groups excluding carboxylic acids is 1. The number of hydrogen-bond acceptors (Lipinski definition) is 5. The molecule has 3 aromatic rings. The predicted molar refractivity (Wildman–Crippen MR) is 132 cm³/mol. The lowest BCUT2D eigenvalue weighted by molar-refractivity contribution is -0.385. The molecule has 0 atom stereocenters. The summed E-state index contributed by atoms with van der Waals surface area (Å²) in [5, 5.41) is 12.1. The molecule has 0 bridgehead atoms.